The molecule has 3 aromatic rings. The average Bonchev–Trinajstić information content (AvgIpc) is 3.27. The second-order valence-corrected chi connectivity index (χ2v) is 6.53. The van der Waals surface area contributed by atoms with Crippen LogP contribution in [0.4, 0.5) is 5.69 Å². The van der Waals surface area contributed by atoms with Crippen LogP contribution in [-0.4, -0.2) is 33.6 Å². The SMILES string of the molecule is CC(NC(=O)c1ccc(-n2ccnc2)c([N+](=O)[O-])c1)c1ccc2c(c1)OCCO2. The van der Waals surface area contributed by atoms with Crippen molar-refractivity contribution in [1.82, 2.24) is 14.9 Å². The Kier molecular flexibility index (Phi) is 4.86. The summed E-state index contributed by atoms with van der Waals surface area (Å²) in [6, 6.07) is 9.49. The predicted octanol–water partition coefficient (Wildman–Crippen LogP) is 3.04. The molecular weight excluding hydrogens is 376 g/mol. The highest BCUT2D eigenvalue weighted by Gasteiger charge is 2.21. The van der Waals surface area contributed by atoms with Crippen LogP contribution in [0.15, 0.2) is 55.1 Å². The van der Waals surface area contributed by atoms with Gasteiger partial charge in [-0.25, -0.2) is 4.98 Å². The third kappa shape index (κ3) is 3.75. The highest BCUT2D eigenvalue weighted by atomic mass is 16.6. The van der Waals surface area contributed by atoms with Crippen molar-refractivity contribution in [3.05, 3.63) is 76.4 Å². The lowest BCUT2D eigenvalue weighted by Crippen LogP contribution is -2.27. The zero-order valence-electron chi connectivity index (χ0n) is 15.6. The van der Waals surface area contributed by atoms with Crippen LogP contribution in [-0.2, 0) is 0 Å². The van der Waals surface area contributed by atoms with Crippen molar-refractivity contribution >= 4 is 11.6 Å². The van der Waals surface area contributed by atoms with Gasteiger partial charge in [0.1, 0.15) is 18.9 Å². The van der Waals surface area contributed by atoms with Gasteiger partial charge in [-0.2, -0.15) is 0 Å². The van der Waals surface area contributed by atoms with E-state index in [1.807, 2.05) is 19.1 Å². The van der Waals surface area contributed by atoms with Crippen LogP contribution < -0.4 is 14.8 Å². The first-order chi connectivity index (χ1) is 14.0. The number of benzene rings is 2. The topological polar surface area (TPSA) is 109 Å². The Balaban J connectivity index is 1.55. The number of rotatable bonds is 5. The lowest BCUT2D eigenvalue weighted by atomic mass is 10.1. The number of nitro groups is 1. The highest BCUT2D eigenvalue weighted by molar-refractivity contribution is 5.95. The Morgan fingerprint density at radius 3 is 2.72 bits per heavy atom. The number of carbonyl (C=O) groups is 1. The summed E-state index contributed by atoms with van der Waals surface area (Å²) in [6.45, 7) is 2.81. The molecule has 0 fully saturated rings. The number of amides is 1. The van der Waals surface area contributed by atoms with Gasteiger partial charge in [-0.05, 0) is 36.8 Å². The van der Waals surface area contributed by atoms with E-state index in [1.165, 1.54) is 29.2 Å². The quantitative estimate of drug-likeness (QED) is 0.526. The van der Waals surface area contributed by atoms with Gasteiger partial charge in [-0.1, -0.05) is 6.07 Å². The van der Waals surface area contributed by atoms with E-state index in [0.29, 0.717) is 30.4 Å². The summed E-state index contributed by atoms with van der Waals surface area (Å²) in [6.07, 6.45) is 4.59. The Hall–Kier alpha value is -3.88. The first-order valence-electron chi connectivity index (χ1n) is 9.00. The maximum Gasteiger partial charge on any atom is 0.294 e. The number of nitrogens with one attached hydrogen (secondary N) is 1. The third-order valence-corrected chi connectivity index (χ3v) is 4.63. The number of nitro benzene ring substituents is 1. The van der Waals surface area contributed by atoms with E-state index >= 15 is 0 Å². The molecule has 0 bridgehead atoms. The lowest BCUT2D eigenvalue weighted by Gasteiger charge is -2.21. The molecule has 1 unspecified atom stereocenters. The van der Waals surface area contributed by atoms with Crippen molar-refractivity contribution in [1.29, 1.82) is 0 Å². The standard InChI is InChI=1S/C20H18N4O5/c1-13(14-3-5-18-19(11-14)29-9-8-28-18)22-20(25)15-2-4-16(17(10-15)24(26)27)23-7-6-21-12-23/h2-7,10-13H,8-9H2,1H3,(H,22,25). The molecule has 1 atom stereocenters. The number of ether oxygens (including phenoxy) is 2. The fourth-order valence-corrected chi connectivity index (χ4v) is 3.12. The maximum atomic E-state index is 12.7. The van der Waals surface area contributed by atoms with Gasteiger partial charge in [0.15, 0.2) is 11.5 Å². The summed E-state index contributed by atoms with van der Waals surface area (Å²) in [5.74, 6) is 0.895. The van der Waals surface area contributed by atoms with Crippen LogP contribution >= 0.6 is 0 Å². The Labute approximate surface area is 166 Å². The molecule has 0 aliphatic carbocycles. The number of hydrogen-bond acceptors (Lipinski definition) is 6. The molecule has 0 saturated carbocycles. The van der Waals surface area contributed by atoms with E-state index < -0.39 is 10.8 Å². The number of aromatic nitrogens is 2. The molecule has 2 heterocycles. The van der Waals surface area contributed by atoms with E-state index in [9.17, 15) is 14.9 Å². The second-order valence-electron chi connectivity index (χ2n) is 6.53. The minimum absolute atomic E-state index is 0.178. The first-order valence-corrected chi connectivity index (χ1v) is 9.00. The minimum Gasteiger partial charge on any atom is -0.486 e. The number of imidazole rings is 1. The van der Waals surface area contributed by atoms with Crippen molar-refractivity contribution < 1.29 is 19.2 Å². The molecule has 0 radical (unpaired) electrons. The molecule has 0 saturated heterocycles. The van der Waals surface area contributed by atoms with Gasteiger partial charge in [0, 0.05) is 24.0 Å². The van der Waals surface area contributed by atoms with Crippen molar-refractivity contribution in [2.75, 3.05) is 13.2 Å². The number of nitrogens with zero attached hydrogens (tertiary/aromatic N) is 3. The molecule has 148 valence electrons. The van der Waals surface area contributed by atoms with E-state index in [0.717, 1.165) is 5.56 Å². The third-order valence-electron chi connectivity index (χ3n) is 4.63. The van der Waals surface area contributed by atoms with Gasteiger partial charge in [-0.3, -0.25) is 14.9 Å². The molecule has 1 aliphatic rings. The first kappa shape index (κ1) is 18.5. The summed E-state index contributed by atoms with van der Waals surface area (Å²) in [5, 5.41) is 14.3. The molecule has 0 spiro atoms. The second kappa shape index (κ2) is 7.63. The molecule has 9 heteroatoms. The molecule has 1 N–H and O–H groups in total. The molecule has 9 nitrogen and oxygen atoms in total. The van der Waals surface area contributed by atoms with Gasteiger partial charge in [0.25, 0.3) is 11.6 Å². The Morgan fingerprint density at radius 1 is 1.21 bits per heavy atom. The van der Waals surface area contributed by atoms with E-state index in [4.69, 9.17) is 9.47 Å². The predicted molar refractivity (Wildman–Crippen MR) is 104 cm³/mol. The van der Waals surface area contributed by atoms with Crippen molar-refractivity contribution in [3.8, 4) is 17.2 Å². The smallest absolute Gasteiger partial charge is 0.294 e. The monoisotopic (exact) mass is 394 g/mol. The summed E-state index contributed by atoms with van der Waals surface area (Å²) in [5.41, 5.74) is 1.20. The molecule has 1 aromatic heterocycles. The fraction of sp³-hybridized carbons (Fsp3) is 0.200. The van der Waals surface area contributed by atoms with Crippen molar-refractivity contribution in [2.45, 2.75) is 13.0 Å². The van der Waals surface area contributed by atoms with Crippen LogP contribution in [0.2, 0.25) is 0 Å². The zero-order chi connectivity index (χ0) is 20.4. The Bertz CT molecular complexity index is 1060. The normalized spacial score (nSPS) is 13.6. The van der Waals surface area contributed by atoms with E-state index in [2.05, 4.69) is 10.3 Å². The molecule has 4 rings (SSSR count). The van der Waals surface area contributed by atoms with Crippen LogP contribution in [0.3, 0.4) is 0 Å². The Morgan fingerprint density at radius 2 is 2.00 bits per heavy atom. The van der Waals surface area contributed by atoms with Crippen LogP contribution in [0, 0.1) is 10.1 Å². The fourth-order valence-electron chi connectivity index (χ4n) is 3.12. The molecule has 2 aromatic carbocycles. The van der Waals surface area contributed by atoms with Crippen molar-refractivity contribution in [3.63, 3.8) is 0 Å². The van der Waals surface area contributed by atoms with Crippen LogP contribution in [0.25, 0.3) is 5.69 Å². The summed E-state index contributed by atoms with van der Waals surface area (Å²) < 4.78 is 12.6. The van der Waals surface area contributed by atoms with Gasteiger partial charge in [-0.15, -0.1) is 0 Å². The van der Waals surface area contributed by atoms with Crippen molar-refractivity contribution in [2.24, 2.45) is 0 Å². The van der Waals surface area contributed by atoms with E-state index in [1.54, 1.807) is 18.3 Å². The summed E-state index contributed by atoms with van der Waals surface area (Å²) in [4.78, 5) is 27.6. The molecule has 29 heavy (non-hydrogen) atoms. The molecule has 1 aliphatic heterocycles. The summed E-state index contributed by atoms with van der Waals surface area (Å²) >= 11 is 0. The molecular formula is C20H18N4O5. The highest BCUT2D eigenvalue weighted by Crippen LogP contribution is 2.32. The average molecular weight is 394 g/mol. The van der Waals surface area contributed by atoms with Gasteiger partial charge < -0.3 is 19.4 Å². The lowest BCUT2D eigenvalue weighted by molar-refractivity contribution is -0.384. The number of carbonyl (C=O) groups excluding carboxylic acids is 1. The summed E-state index contributed by atoms with van der Waals surface area (Å²) in [7, 11) is 0. The van der Waals surface area contributed by atoms with E-state index in [-0.39, 0.29) is 17.3 Å². The zero-order valence-corrected chi connectivity index (χ0v) is 15.6. The van der Waals surface area contributed by atoms with Crippen LogP contribution in [0.5, 0.6) is 11.5 Å². The largest absolute Gasteiger partial charge is 0.486 e. The van der Waals surface area contributed by atoms with Gasteiger partial charge in [0.2, 0.25) is 0 Å². The van der Waals surface area contributed by atoms with Crippen LogP contribution in [0.1, 0.15) is 28.9 Å². The molecule has 1 amide bonds. The maximum absolute atomic E-state index is 12.7. The van der Waals surface area contributed by atoms with Gasteiger partial charge >= 0.3 is 0 Å². The van der Waals surface area contributed by atoms with Gasteiger partial charge in [0.05, 0.1) is 17.3 Å². The number of hydrogen-bond donors (Lipinski definition) is 1. The number of fused-ring (bicyclic) bond motifs is 1. The minimum atomic E-state index is -0.517.